The molecule has 0 unspecified atom stereocenters. The van der Waals surface area contributed by atoms with Gasteiger partial charge in [-0.1, -0.05) is 29.8 Å². The molecule has 0 spiro atoms. The van der Waals surface area contributed by atoms with Gasteiger partial charge >= 0.3 is 0 Å². The van der Waals surface area contributed by atoms with Crippen molar-refractivity contribution in [1.82, 2.24) is 15.0 Å². The average Bonchev–Trinajstić information content (AvgIpc) is 3.00. The summed E-state index contributed by atoms with van der Waals surface area (Å²) in [4.78, 5) is 12.5. The third kappa shape index (κ3) is 2.44. The van der Waals surface area contributed by atoms with E-state index < -0.39 is 9.84 Å². The molecular weight excluding hydrogens is 346 g/mol. The number of rotatable bonds is 2. The molecule has 0 aliphatic rings. The number of halogens is 1. The summed E-state index contributed by atoms with van der Waals surface area (Å²) in [5, 5.41) is 1.27. The highest BCUT2D eigenvalue weighted by Crippen LogP contribution is 2.30. The van der Waals surface area contributed by atoms with E-state index in [-0.39, 0.29) is 4.90 Å². The minimum Gasteiger partial charge on any atom is -0.335 e. The van der Waals surface area contributed by atoms with Crippen LogP contribution in [0.2, 0.25) is 5.15 Å². The zero-order chi connectivity index (χ0) is 16.9. The van der Waals surface area contributed by atoms with E-state index in [0.29, 0.717) is 16.5 Å². The largest absolute Gasteiger partial charge is 0.335 e. The molecule has 0 amide bonds. The number of imidazole rings is 1. The van der Waals surface area contributed by atoms with E-state index in [1.54, 1.807) is 24.3 Å². The number of fused-ring (bicyclic) bond motifs is 3. The zero-order valence-electron chi connectivity index (χ0n) is 12.6. The summed E-state index contributed by atoms with van der Waals surface area (Å²) in [6, 6.07) is 14.2. The van der Waals surface area contributed by atoms with E-state index in [1.807, 2.05) is 24.3 Å². The third-order valence-corrected chi connectivity index (χ3v) is 5.25. The molecule has 0 fully saturated rings. The molecular formula is C17H12ClN3O2S. The third-order valence-electron chi connectivity index (χ3n) is 3.84. The molecule has 24 heavy (non-hydrogen) atoms. The minimum absolute atomic E-state index is 0.271. The maximum Gasteiger partial charge on any atom is 0.175 e. The van der Waals surface area contributed by atoms with Crippen molar-refractivity contribution in [2.45, 2.75) is 4.90 Å². The van der Waals surface area contributed by atoms with Gasteiger partial charge in [0.25, 0.3) is 0 Å². The van der Waals surface area contributed by atoms with Crippen molar-refractivity contribution in [1.29, 1.82) is 0 Å². The first-order valence-corrected chi connectivity index (χ1v) is 9.45. The van der Waals surface area contributed by atoms with E-state index >= 15 is 0 Å². The summed E-state index contributed by atoms with van der Waals surface area (Å²) >= 11 is 6.26. The van der Waals surface area contributed by atoms with Crippen molar-refractivity contribution in [3.05, 3.63) is 53.7 Å². The van der Waals surface area contributed by atoms with Crippen LogP contribution in [-0.2, 0) is 9.84 Å². The van der Waals surface area contributed by atoms with Crippen molar-refractivity contribution in [3.63, 3.8) is 0 Å². The summed E-state index contributed by atoms with van der Waals surface area (Å²) < 4.78 is 23.1. The van der Waals surface area contributed by atoms with Crippen LogP contribution in [0.5, 0.6) is 0 Å². The van der Waals surface area contributed by atoms with Crippen LogP contribution in [0.3, 0.4) is 0 Å². The number of sulfone groups is 1. The van der Waals surface area contributed by atoms with Crippen LogP contribution in [0.4, 0.5) is 0 Å². The molecule has 5 nitrogen and oxygen atoms in total. The average molecular weight is 358 g/mol. The maximum absolute atomic E-state index is 11.6. The molecule has 7 heteroatoms. The Morgan fingerprint density at radius 2 is 1.71 bits per heavy atom. The Morgan fingerprint density at radius 3 is 2.42 bits per heavy atom. The Kier molecular flexibility index (Phi) is 3.33. The number of benzene rings is 2. The summed E-state index contributed by atoms with van der Waals surface area (Å²) in [5.74, 6) is 0.616. The fourth-order valence-corrected chi connectivity index (χ4v) is 3.51. The summed E-state index contributed by atoms with van der Waals surface area (Å²) in [6.45, 7) is 0. The second-order valence-electron chi connectivity index (χ2n) is 5.53. The van der Waals surface area contributed by atoms with Gasteiger partial charge in [-0.05, 0) is 30.3 Å². The fourth-order valence-electron chi connectivity index (χ4n) is 2.65. The van der Waals surface area contributed by atoms with E-state index in [4.69, 9.17) is 11.6 Å². The minimum atomic E-state index is -3.22. The van der Waals surface area contributed by atoms with Gasteiger partial charge in [-0.3, -0.25) is 0 Å². The molecule has 0 radical (unpaired) electrons. The van der Waals surface area contributed by atoms with Crippen LogP contribution in [0, 0.1) is 0 Å². The van der Waals surface area contributed by atoms with Gasteiger partial charge in [0.2, 0.25) is 0 Å². The van der Waals surface area contributed by atoms with Crippen molar-refractivity contribution in [2.75, 3.05) is 6.26 Å². The molecule has 1 N–H and O–H groups in total. The van der Waals surface area contributed by atoms with Gasteiger partial charge in [0.05, 0.1) is 10.4 Å². The lowest BCUT2D eigenvalue weighted by Gasteiger charge is -2.00. The lowest BCUT2D eigenvalue weighted by atomic mass is 10.2. The number of para-hydroxylation sites is 1. The molecule has 0 aliphatic heterocycles. The van der Waals surface area contributed by atoms with Crippen molar-refractivity contribution in [2.24, 2.45) is 0 Å². The number of nitrogens with one attached hydrogen (secondary N) is 1. The van der Waals surface area contributed by atoms with Gasteiger partial charge in [-0.15, -0.1) is 0 Å². The second kappa shape index (κ2) is 5.29. The van der Waals surface area contributed by atoms with Crippen LogP contribution in [0.25, 0.3) is 33.3 Å². The molecule has 0 bridgehead atoms. The molecule has 0 saturated carbocycles. The predicted molar refractivity (Wildman–Crippen MR) is 95.0 cm³/mol. The normalized spacial score (nSPS) is 12.1. The Balaban J connectivity index is 1.92. The molecule has 2 aromatic carbocycles. The first-order valence-electron chi connectivity index (χ1n) is 7.18. The van der Waals surface area contributed by atoms with Gasteiger partial charge in [0.15, 0.2) is 15.0 Å². The molecule has 4 aromatic rings. The molecule has 2 heterocycles. The van der Waals surface area contributed by atoms with E-state index in [1.165, 1.54) is 6.26 Å². The topological polar surface area (TPSA) is 75.7 Å². The standard InChI is InChI=1S/C17H12ClN3O2S/c1-24(22,23)11-8-6-10(7-9-11)17-20-14-12-4-2-3-5-13(12)19-16(18)15(14)21-17/h2-9H,1H3,(H,20,21). The smallest absolute Gasteiger partial charge is 0.175 e. The number of nitrogens with zero attached hydrogens (tertiary/aromatic N) is 2. The number of H-pyrrole nitrogens is 1. The van der Waals surface area contributed by atoms with Crippen molar-refractivity contribution in [3.8, 4) is 11.4 Å². The Labute approximate surface area is 143 Å². The van der Waals surface area contributed by atoms with Crippen LogP contribution < -0.4 is 0 Å². The number of hydrogen-bond acceptors (Lipinski definition) is 4. The van der Waals surface area contributed by atoms with E-state index in [2.05, 4.69) is 15.0 Å². The number of hydrogen-bond donors (Lipinski definition) is 1. The number of aromatic amines is 1. The van der Waals surface area contributed by atoms with Crippen LogP contribution in [0.15, 0.2) is 53.4 Å². The molecule has 0 aliphatic carbocycles. The van der Waals surface area contributed by atoms with Crippen molar-refractivity contribution < 1.29 is 8.42 Å². The highest BCUT2D eigenvalue weighted by Gasteiger charge is 2.14. The lowest BCUT2D eigenvalue weighted by Crippen LogP contribution is -1.96. The van der Waals surface area contributed by atoms with E-state index in [9.17, 15) is 8.42 Å². The summed E-state index contributed by atoms with van der Waals surface area (Å²) in [5.41, 5.74) is 2.96. The van der Waals surface area contributed by atoms with Crippen LogP contribution in [0.1, 0.15) is 0 Å². The molecule has 0 atom stereocenters. The Hall–Kier alpha value is -2.44. The molecule has 2 aromatic heterocycles. The van der Waals surface area contributed by atoms with Crippen LogP contribution >= 0.6 is 11.6 Å². The predicted octanol–water partition coefficient (Wildman–Crippen LogP) is 3.84. The monoisotopic (exact) mass is 357 g/mol. The first-order chi connectivity index (χ1) is 11.4. The number of aromatic nitrogens is 3. The summed E-state index contributed by atoms with van der Waals surface area (Å²) in [6.07, 6.45) is 1.18. The van der Waals surface area contributed by atoms with Gasteiger partial charge in [-0.25, -0.2) is 18.4 Å². The molecule has 4 rings (SSSR count). The Morgan fingerprint density at radius 1 is 1.00 bits per heavy atom. The van der Waals surface area contributed by atoms with Crippen LogP contribution in [-0.4, -0.2) is 29.6 Å². The highest BCUT2D eigenvalue weighted by atomic mass is 35.5. The molecule has 0 saturated heterocycles. The highest BCUT2D eigenvalue weighted by molar-refractivity contribution is 7.90. The SMILES string of the molecule is CS(=O)(=O)c1ccc(-c2nc3c([nH]2)c(Cl)nc2ccccc23)cc1. The Bertz CT molecular complexity index is 1180. The first kappa shape index (κ1) is 15.1. The number of pyridine rings is 1. The summed E-state index contributed by atoms with van der Waals surface area (Å²) in [7, 11) is -3.22. The lowest BCUT2D eigenvalue weighted by molar-refractivity contribution is 0.602. The maximum atomic E-state index is 11.6. The van der Waals surface area contributed by atoms with E-state index in [0.717, 1.165) is 22.0 Å². The van der Waals surface area contributed by atoms with Crippen molar-refractivity contribution >= 4 is 43.4 Å². The quantitative estimate of drug-likeness (QED) is 0.553. The van der Waals surface area contributed by atoms with Gasteiger partial charge in [-0.2, -0.15) is 0 Å². The fraction of sp³-hybridized carbons (Fsp3) is 0.0588. The second-order valence-corrected chi connectivity index (χ2v) is 7.90. The molecule has 120 valence electrons. The van der Waals surface area contributed by atoms with Gasteiger partial charge < -0.3 is 4.98 Å². The zero-order valence-corrected chi connectivity index (χ0v) is 14.2. The van der Waals surface area contributed by atoms with Gasteiger partial charge in [0, 0.05) is 17.2 Å². The van der Waals surface area contributed by atoms with Gasteiger partial charge in [0.1, 0.15) is 16.9 Å².